The SMILES string of the molecule is CNC1CCN(C2=C(C)C(c3ccc(C#N)cc3)C(c3ccc(N(C)C)nc3)=NC2=O)CC1. The van der Waals surface area contributed by atoms with E-state index >= 15 is 0 Å². The number of piperidine rings is 1. The molecule has 0 bridgehead atoms. The number of nitriles is 1. The smallest absolute Gasteiger partial charge is 0.293 e. The quantitative estimate of drug-likeness (QED) is 0.766. The van der Waals surface area contributed by atoms with Crippen LogP contribution in [0.1, 0.15) is 42.4 Å². The topological polar surface area (TPSA) is 84.6 Å². The van der Waals surface area contributed by atoms with Gasteiger partial charge in [0.2, 0.25) is 0 Å². The Balaban J connectivity index is 1.76. The number of pyridine rings is 1. The highest BCUT2D eigenvalue weighted by molar-refractivity contribution is 6.17. The number of hydrogen-bond acceptors (Lipinski definition) is 6. The summed E-state index contributed by atoms with van der Waals surface area (Å²) in [5.74, 6) is 0.475. The second kappa shape index (κ2) is 9.55. The molecule has 7 heteroatoms. The minimum absolute atomic E-state index is 0.181. The highest BCUT2D eigenvalue weighted by Crippen LogP contribution is 2.36. The number of nitrogens with zero attached hydrogens (tertiary/aromatic N) is 5. The molecule has 33 heavy (non-hydrogen) atoms. The van der Waals surface area contributed by atoms with E-state index < -0.39 is 0 Å². The van der Waals surface area contributed by atoms with Gasteiger partial charge >= 0.3 is 0 Å². The Morgan fingerprint density at radius 2 is 1.82 bits per heavy atom. The Hall–Kier alpha value is -3.50. The van der Waals surface area contributed by atoms with Gasteiger partial charge in [-0.1, -0.05) is 12.1 Å². The number of dihydropyridines is 1. The predicted molar refractivity (Wildman–Crippen MR) is 130 cm³/mol. The first-order chi connectivity index (χ1) is 15.9. The number of allylic oxidation sites excluding steroid dienone is 1. The number of aromatic nitrogens is 1. The number of hydrogen-bond donors (Lipinski definition) is 1. The number of carbonyl (C=O) groups is 1. The van der Waals surface area contributed by atoms with Crippen LogP contribution in [0.3, 0.4) is 0 Å². The lowest BCUT2D eigenvalue weighted by atomic mass is 9.81. The van der Waals surface area contributed by atoms with E-state index in [1.165, 1.54) is 0 Å². The number of amides is 1. The molecule has 4 rings (SSSR count). The average molecular weight is 443 g/mol. The molecule has 7 nitrogen and oxygen atoms in total. The fourth-order valence-electron chi connectivity index (χ4n) is 4.71. The van der Waals surface area contributed by atoms with E-state index in [0.29, 0.717) is 23.0 Å². The summed E-state index contributed by atoms with van der Waals surface area (Å²) in [5, 5.41) is 12.6. The van der Waals surface area contributed by atoms with Crippen LogP contribution in [0.25, 0.3) is 0 Å². The largest absolute Gasteiger partial charge is 0.367 e. The summed E-state index contributed by atoms with van der Waals surface area (Å²) in [6.07, 6.45) is 3.78. The molecule has 1 amide bonds. The molecule has 3 heterocycles. The van der Waals surface area contributed by atoms with Crippen LogP contribution in [0.2, 0.25) is 0 Å². The summed E-state index contributed by atoms with van der Waals surface area (Å²) in [5.41, 5.74) is 4.86. The number of nitrogens with one attached hydrogen (secondary N) is 1. The fraction of sp³-hybridized carbons (Fsp3) is 0.385. The molecule has 170 valence electrons. The summed E-state index contributed by atoms with van der Waals surface area (Å²) < 4.78 is 0. The molecule has 1 N–H and O–H groups in total. The van der Waals surface area contributed by atoms with Crippen LogP contribution in [0.5, 0.6) is 0 Å². The molecule has 2 aliphatic rings. The molecule has 2 aliphatic heterocycles. The van der Waals surface area contributed by atoms with E-state index in [-0.39, 0.29) is 11.8 Å². The third kappa shape index (κ3) is 4.53. The average Bonchev–Trinajstić information content (AvgIpc) is 2.84. The second-order valence-corrected chi connectivity index (χ2v) is 8.85. The Morgan fingerprint density at radius 3 is 2.36 bits per heavy atom. The van der Waals surface area contributed by atoms with Gasteiger partial charge in [0.15, 0.2) is 0 Å². The molecule has 2 aromatic rings. The zero-order valence-corrected chi connectivity index (χ0v) is 19.7. The first-order valence-electron chi connectivity index (χ1n) is 11.3. The molecule has 1 aromatic carbocycles. The number of anilines is 1. The van der Waals surface area contributed by atoms with Crippen LogP contribution in [-0.4, -0.2) is 61.8 Å². The molecule has 1 saturated heterocycles. The molecule has 0 aliphatic carbocycles. The molecular formula is C26H30N6O. The zero-order valence-electron chi connectivity index (χ0n) is 19.7. The van der Waals surface area contributed by atoms with Crippen LogP contribution < -0.4 is 10.2 Å². The van der Waals surface area contributed by atoms with Crippen LogP contribution in [0.15, 0.2) is 58.9 Å². The minimum Gasteiger partial charge on any atom is -0.367 e. The molecule has 0 spiro atoms. The van der Waals surface area contributed by atoms with Gasteiger partial charge < -0.3 is 15.1 Å². The molecule has 0 saturated carbocycles. The summed E-state index contributed by atoms with van der Waals surface area (Å²) in [6, 6.07) is 14.1. The van der Waals surface area contributed by atoms with Crippen LogP contribution in [0, 0.1) is 11.3 Å². The Kier molecular flexibility index (Phi) is 6.57. The molecule has 1 atom stereocenters. The maximum absolute atomic E-state index is 13.3. The Labute approximate surface area is 195 Å². The molecule has 0 radical (unpaired) electrons. The lowest BCUT2D eigenvalue weighted by Gasteiger charge is -2.37. The lowest BCUT2D eigenvalue weighted by Crippen LogP contribution is -2.43. The summed E-state index contributed by atoms with van der Waals surface area (Å²) in [7, 11) is 5.88. The van der Waals surface area contributed by atoms with E-state index in [1.54, 1.807) is 6.20 Å². The van der Waals surface area contributed by atoms with Gasteiger partial charge in [-0.15, -0.1) is 0 Å². The number of likely N-dealkylation sites (tertiary alicyclic amines) is 1. The van der Waals surface area contributed by atoms with Crippen molar-refractivity contribution < 1.29 is 4.79 Å². The summed E-state index contributed by atoms with van der Waals surface area (Å²) in [4.78, 5) is 26.6. The molecule has 1 fully saturated rings. The van der Waals surface area contributed by atoms with Gasteiger partial charge in [-0.3, -0.25) is 4.79 Å². The maximum Gasteiger partial charge on any atom is 0.293 e. The van der Waals surface area contributed by atoms with Gasteiger partial charge in [-0.25, -0.2) is 9.98 Å². The van der Waals surface area contributed by atoms with Gasteiger partial charge in [-0.2, -0.15) is 5.26 Å². The first kappa shape index (κ1) is 22.7. The van der Waals surface area contributed by atoms with E-state index in [2.05, 4.69) is 26.3 Å². The Bertz CT molecular complexity index is 1120. The molecule has 1 unspecified atom stereocenters. The molecule has 1 aromatic heterocycles. The van der Waals surface area contributed by atoms with Crippen LogP contribution in [0.4, 0.5) is 5.82 Å². The minimum atomic E-state index is -0.188. The van der Waals surface area contributed by atoms with Gasteiger partial charge in [0.25, 0.3) is 5.91 Å². The van der Waals surface area contributed by atoms with Gasteiger partial charge in [0, 0.05) is 45.0 Å². The zero-order chi connectivity index (χ0) is 23.5. The highest BCUT2D eigenvalue weighted by Gasteiger charge is 2.35. The van der Waals surface area contributed by atoms with Crippen molar-refractivity contribution in [3.63, 3.8) is 0 Å². The Morgan fingerprint density at radius 1 is 1.12 bits per heavy atom. The van der Waals surface area contributed by atoms with Crippen LogP contribution in [-0.2, 0) is 4.79 Å². The van der Waals surface area contributed by atoms with E-state index in [4.69, 9.17) is 0 Å². The van der Waals surface area contributed by atoms with E-state index in [9.17, 15) is 10.1 Å². The fourth-order valence-corrected chi connectivity index (χ4v) is 4.71. The van der Waals surface area contributed by atoms with Gasteiger partial charge in [-0.05, 0) is 62.2 Å². The number of benzene rings is 1. The highest BCUT2D eigenvalue weighted by atomic mass is 16.1. The third-order valence-corrected chi connectivity index (χ3v) is 6.60. The van der Waals surface area contributed by atoms with Gasteiger partial charge in [0.05, 0.1) is 23.3 Å². The lowest BCUT2D eigenvalue weighted by molar-refractivity contribution is -0.116. The second-order valence-electron chi connectivity index (χ2n) is 8.85. The maximum atomic E-state index is 13.3. The number of carbonyl (C=O) groups excluding carboxylic acids is 1. The summed E-state index contributed by atoms with van der Waals surface area (Å²) >= 11 is 0. The summed E-state index contributed by atoms with van der Waals surface area (Å²) in [6.45, 7) is 3.69. The standard InChI is InChI=1S/C26H30N6O/c1-17-23(19-7-5-18(15-27)6-8-19)24(20-9-10-22(29-16-20)31(3)4)30-26(33)25(17)32-13-11-21(28-2)12-14-32/h5-10,16,21,23,28H,11-14H2,1-4H3. The van der Waals surface area contributed by atoms with Crippen molar-refractivity contribution in [1.29, 1.82) is 5.26 Å². The molecular weight excluding hydrogens is 412 g/mol. The van der Waals surface area contributed by atoms with Crippen molar-refractivity contribution in [2.75, 3.05) is 39.1 Å². The predicted octanol–water partition coefficient (Wildman–Crippen LogP) is 3.09. The van der Waals surface area contributed by atoms with Crippen molar-refractivity contribution in [3.05, 3.63) is 70.6 Å². The van der Waals surface area contributed by atoms with Crippen molar-refractivity contribution in [1.82, 2.24) is 15.2 Å². The normalized spacial score (nSPS) is 19.4. The van der Waals surface area contributed by atoms with Crippen molar-refractivity contribution in [2.45, 2.75) is 31.7 Å². The van der Waals surface area contributed by atoms with E-state index in [0.717, 1.165) is 48.4 Å². The van der Waals surface area contributed by atoms with Crippen LogP contribution >= 0.6 is 0 Å². The van der Waals surface area contributed by atoms with Crippen molar-refractivity contribution >= 4 is 17.4 Å². The van der Waals surface area contributed by atoms with Crippen molar-refractivity contribution in [2.24, 2.45) is 4.99 Å². The first-order valence-corrected chi connectivity index (χ1v) is 11.3. The number of aliphatic imine (C=N–C) groups is 1. The number of rotatable bonds is 5. The van der Waals surface area contributed by atoms with Gasteiger partial charge in [0.1, 0.15) is 11.5 Å². The van der Waals surface area contributed by atoms with E-state index in [1.807, 2.05) is 69.4 Å². The third-order valence-electron chi connectivity index (χ3n) is 6.60. The van der Waals surface area contributed by atoms with Crippen molar-refractivity contribution in [3.8, 4) is 6.07 Å². The monoisotopic (exact) mass is 442 g/mol.